The first-order valence-corrected chi connectivity index (χ1v) is 6.61. The SMILES string of the molecule is Nc1ccc(F)cc1C(O)Cc1ccc(I)cc1. The third-order valence-electron chi connectivity index (χ3n) is 2.75. The fourth-order valence-electron chi connectivity index (χ4n) is 1.79. The van der Waals surface area contributed by atoms with Gasteiger partial charge in [0.1, 0.15) is 5.82 Å². The Kier molecular flexibility index (Phi) is 4.19. The van der Waals surface area contributed by atoms with Gasteiger partial charge in [0.2, 0.25) is 0 Å². The Morgan fingerprint density at radius 3 is 2.50 bits per heavy atom. The molecule has 0 saturated carbocycles. The maximum absolute atomic E-state index is 13.1. The fourth-order valence-corrected chi connectivity index (χ4v) is 2.15. The molecule has 0 aliphatic heterocycles. The zero-order chi connectivity index (χ0) is 13.1. The highest BCUT2D eigenvalue weighted by atomic mass is 127. The van der Waals surface area contributed by atoms with E-state index in [1.54, 1.807) is 0 Å². The Morgan fingerprint density at radius 1 is 1.17 bits per heavy atom. The van der Waals surface area contributed by atoms with Crippen molar-refractivity contribution in [2.45, 2.75) is 12.5 Å². The normalized spacial score (nSPS) is 12.4. The van der Waals surface area contributed by atoms with E-state index in [9.17, 15) is 9.50 Å². The van der Waals surface area contributed by atoms with Crippen LogP contribution in [0.3, 0.4) is 0 Å². The average Bonchev–Trinajstić information content (AvgIpc) is 2.35. The van der Waals surface area contributed by atoms with Gasteiger partial charge >= 0.3 is 0 Å². The molecule has 0 aliphatic carbocycles. The van der Waals surface area contributed by atoms with Gasteiger partial charge in [-0.05, 0) is 58.5 Å². The maximum Gasteiger partial charge on any atom is 0.123 e. The molecule has 0 radical (unpaired) electrons. The minimum Gasteiger partial charge on any atom is -0.398 e. The minimum atomic E-state index is -0.791. The van der Waals surface area contributed by atoms with Crippen LogP contribution in [0.25, 0.3) is 0 Å². The maximum atomic E-state index is 13.1. The smallest absolute Gasteiger partial charge is 0.123 e. The zero-order valence-electron chi connectivity index (χ0n) is 9.61. The van der Waals surface area contributed by atoms with Crippen molar-refractivity contribution in [3.63, 3.8) is 0 Å². The van der Waals surface area contributed by atoms with Gasteiger partial charge in [-0.25, -0.2) is 4.39 Å². The first-order valence-electron chi connectivity index (χ1n) is 5.53. The number of rotatable bonds is 3. The average molecular weight is 357 g/mol. The van der Waals surface area contributed by atoms with Gasteiger partial charge < -0.3 is 10.8 Å². The number of halogens is 2. The van der Waals surface area contributed by atoms with Gasteiger partial charge in [0.05, 0.1) is 6.10 Å². The Balaban J connectivity index is 2.18. The van der Waals surface area contributed by atoms with Crippen LogP contribution >= 0.6 is 22.6 Å². The van der Waals surface area contributed by atoms with Crippen molar-refractivity contribution in [1.29, 1.82) is 0 Å². The monoisotopic (exact) mass is 357 g/mol. The summed E-state index contributed by atoms with van der Waals surface area (Å²) in [4.78, 5) is 0. The first-order chi connectivity index (χ1) is 8.56. The summed E-state index contributed by atoms with van der Waals surface area (Å²) in [7, 11) is 0. The lowest BCUT2D eigenvalue weighted by Gasteiger charge is -2.13. The van der Waals surface area contributed by atoms with Crippen LogP contribution in [-0.4, -0.2) is 5.11 Å². The van der Waals surface area contributed by atoms with Crippen LogP contribution in [0.4, 0.5) is 10.1 Å². The summed E-state index contributed by atoms with van der Waals surface area (Å²) in [5.41, 5.74) is 7.58. The molecule has 0 saturated heterocycles. The molecule has 4 heteroatoms. The highest BCUT2D eigenvalue weighted by Gasteiger charge is 2.12. The van der Waals surface area contributed by atoms with Crippen LogP contribution in [-0.2, 0) is 6.42 Å². The van der Waals surface area contributed by atoms with Crippen molar-refractivity contribution in [3.8, 4) is 0 Å². The third kappa shape index (κ3) is 3.20. The second-order valence-electron chi connectivity index (χ2n) is 4.12. The van der Waals surface area contributed by atoms with E-state index in [1.807, 2.05) is 24.3 Å². The zero-order valence-corrected chi connectivity index (χ0v) is 11.8. The van der Waals surface area contributed by atoms with E-state index in [4.69, 9.17) is 5.73 Å². The van der Waals surface area contributed by atoms with Crippen LogP contribution in [0.1, 0.15) is 17.2 Å². The lowest BCUT2D eigenvalue weighted by molar-refractivity contribution is 0.179. The summed E-state index contributed by atoms with van der Waals surface area (Å²) in [6.07, 6.45) is -0.370. The van der Waals surface area contributed by atoms with Crippen LogP contribution in [0.5, 0.6) is 0 Å². The molecule has 3 N–H and O–H groups in total. The molecule has 0 aliphatic rings. The number of hydrogen-bond acceptors (Lipinski definition) is 2. The number of nitrogen functional groups attached to an aromatic ring is 1. The van der Waals surface area contributed by atoms with E-state index < -0.39 is 6.10 Å². The number of nitrogens with two attached hydrogens (primary N) is 1. The van der Waals surface area contributed by atoms with Gasteiger partial charge in [0, 0.05) is 21.2 Å². The summed E-state index contributed by atoms with van der Waals surface area (Å²) < 4.78 is 14.3. The van der Waals surface area contributed by atoms with Crippen molar-refractivity contribution in [3.05, 3.63) is 63.0 Å². The van der Waals surface area contributed by atoms with E-state index in [0.29, 0.717) is 17.7 Å². The molecule has 94 valence electrons. The van der Waals surface area contributed by atoms with Crippen molar-refractivity contribution in [2.24, 2.45) is 0 Å². The standard InChI is InChI=1S/C14H13FINO/c15-10-3-6-13(17)12(8-10)14(18)7-9-1-4-11(16)5-2-9/h1-6,8,14,18H,7,17H2. The van der Waals surface area contributed by atoms with E-state index in [-0.39, 0.29) is 5.82 Å². The van der Waals surface area contributed by atoms with Crippen molar-refractivity contribution < 1.29 is 9.50 Å². The summed E-state index contributed by atoms with van der Waals surface area (Å²) >= 11 is 2.22. The molecule has 0 fully saturated rings. The van der Waals surface area contributed by atoms with E-state index >= 15 is 0 Å². The lowest BCUT2D eigenvalue weighted by atomic mass is 10.00. The highest BCUT2D eigenvalue weighted by molar-refractivity contribution is 14.1. The second kappa shape index (κ2) is 5.67. The largest absolute Gasteiger partial charge is 0.398 e. The Morgan fingerprint density at radius 2 is 1.83 bits per heavy atom. The predicted molar refractivity (Wildman–Crippen MR) is 78.6 cm³/mol. The second-order valence-corrected chi connectivity index (χ2v) is 5.37. The van der Waals surface area contributed by atoms with Crippen LogP contribution < -0.4 is 5.73 Å². The molecular weight excluding hydrogens is 344 g/mol. The van der Waals surface area contributed by atoms with Crippen LogP contribution in [0.15, 0.2) is 42.5 Å². The molecule has 1 unspecified atom stereocenters. The Hall–Kier alpha value is -1.14. The number of aliphatic hydroxyl groups is 1. The predicted octanol–water partition coefficient (Wildman–Crippen LogP) is 3.29. The third-order valence-corrected chi connectivity index (χ3v) is 3.47. The lowest BCUT2D eigenvalue weighted by Crippen LogP contribution is -2.06. The van der Waals surface area contributed by atoms with Crippen molar-refractivity contribution >= 4 is 28.3 Å². The molecule has 2 rings (SSSR count). The van der Waals surface area contributed by atoms with E-state index in [1.165, 1.54) is 18.2 Å². The molecule has 0 bridgehead atoms. The molecule has 2 aromatic rings. The Bertz CT molecular complexity index is 542. The van der Waals surface area contributed by atoms with Crippen LogP contribution in [0.2, 0.25) is 0 Å². The fraction of sp³-hybridized carbons (Fsp3) is 0.143. The Labute approximate surface area is 119 Å². The quantitative estimate of drug-likeness (QED) is 0.654. The molecule has 2 aromatic carbocycles. The van der Waals surface area contributed by atoms with Crippen molar-refractivity contribution in [2.75, 3.05) is 5.73 Å². The topological polar surface area (TPSA) is 46.2 Å². The molecular formula is C14H13FINO. The first kappa shape index (κ1) is 13.3. The molecule has 0 aromatic heterocycles. The van der Waals surface area contributed by atoms with E-state index in [0.717, 1.165) is 9.13 Å². The minimum absolute atomic E-state index is 0.388. The number of anilines is 1. The summed E-state index contributed by atoms with van der Waals surface area (Å²) in [6.45, 7) is 0. The van der Waals surface area contributed by atoms with E-state index in [2.05, 4.69) is 22.6 Å². The van der Waals surface area contributed by atoms with Gasteiger partial charge in [0.15, 0.2) is 0 Å². The van der Waals surface area contributed by atoms with Gasteiger partial charge in [-0.3, -0.25) is 0 Å². The number of benzene rings is 2. The molecule has 0 amide bonds. The molecule has 0 spiro atoms. The van der Waals surface area contributed by atoms with Crippen molar-refractivity contribution in [1.82, 2.24) is 0 Å². The van der Waals surface area contributed by atoms with Crippen LogP contribution in [0, 0.1) is 9.39 Å². The molecule has 0 heterocycles. The van der Waals surface area contributed by atoms with Gasteiger partial charge in [0.25, 0.3) is 0 Å². The summed E-state index contributed by atoms with van der Waals surface area (Å²) in [5, 5.41) is 10.1. The summed E-state index contributed by atoms with van der Waals surface area (Å²) in [6, 6.07) is 11.9. The summed E-state index contributed by atoms with van der Waals surface area (Å²) in [5.74, 6) is -0.388. The number of hydrogen-bond donors (Lipinski definition) is 2. The highest BCUT2D eigenvalue weighted by Crippen LogP contribution is 2.24. The van der Waals surface area contributed by atoms with Gasteiger partial charge in [-0.2, -0.15) is 0 Å². The molecule has 18 heavy (non-hydrogen) atoms. The molecule has 1 atom stereocenters. The van der Waals surface area contributed by atoms with Gasteiger partial charge in [-0.1, -0.05) is 12.1 Å². The van der Waals surface area contributed by atoms with Gasteiger partial charge in [-0.15, -0.1) is 0 Å². The molecule has 2 nitrogen and oxygen atoms in total. The number of aliphatic hydroxyl groups excluding tert-OH is 1.